The van der Waals surface area contributed by atoms with Crippen LogP contribution >= 0.6 is 11.3 Å². The minimum atomic E-state index is -0.674. The largest absolute Gasteiger partial charge is 0.320 e. The van der Waals surface area contributed by atoms with E-state index in [2.05, 4.69) is 4.98 Å². The van der Waals surface area contributed by atoms with E-state index in [0.29, 0.717) is 6.54 Å². The van der Waals surface area contributed by atoms with Gasteiger partial charge in [0.25, 0.3) is 5.91 Å². The van der Waals surface area contributed by atoms with Crippen molar-refractivity contribution in [2.45, 2.75) is 12.6 Å². The van der Waals surface area contributed by atoms with Gasteiger partial charge in [0, 0.05) is 28.5 Å². The van der Waals surface area contributed by atoms with Crippen LogP contribution in [0.25, 0.3) is 0 Å². The van der Waals surface area contributed by atoms with Gasteiger partial charge in [0.2, 0.25) is 5.91 Å². The topological polar surface area (TPSA) is 53.5 Å². The summed E-state index contributed by atoms with van der Waals surface area (Å²) in [6.45, 7) is 0.468. The van der Waals surface area contributed by atoms with E-state index in [1.807, 2.05) is 53.9 Å². The van der Waals surface area contributed by atoms with Crippen LogP contribution in [0.1, 0.15) is 16.5 Å². The molecule has 1 aliphatic rings. The van der Waals surface area contributed by atoms with Gasteiger partial charge in [-0.15, -0.1) is 11.3 Å². The fraction of sp³-hybridized carbons (Fsp3) is 0.150. The van der Waals surface area contributed by atoms with Crippen LogP contribution in [0.4, 0.5) is 5.69 Å². The lowest BCUT2D eigenvalue weighted by Gasteiger charge is -2.40. The molecule has 1 atom stereocenters. The molecule has 26 heavy (non-hydrogen) atoms. The molecule has 1 saturated heterocycles. The van der Waals surface area contributed by atoms with Crippen LogP contribution in [0, 0.1) is 0 Å². The van der Waals surface area contributed by atoms with Crippen LogP contribution < -0.4 is 4.90 Å². The molecular formula is C20H17N3O2S. The van der Waals surface area contributed by atoms with Crippen LogP contribution in [0.15, 0.2) is 72.4 Å². The highest BCUT2D eigenvalue weighted by atomic mass is 32.1. The highest BCUT2D eigenvalue weighted by Crippen LogP contribution is 2.32. The lowest BCUT2D eigenvalue weighted by molar-refractivity contribution is -0.144. The van der Waals surface area contributed by atoms with Crippen LogP contribution in [-0.4, -0.2) is 28.2 Å². The quantitative estimate of drug-likeness (QED) is 0.715. The molecule has 5 nitrogen and oxygen atoms in total. The second-order valence-corrected chi connectivity index (χ2v) is 7.08. The summed E-state index contributed by atoms with van der Waals surface area (Å²) in [5, 5.41) is 1.97. The molecule has 1 aromatic carbocycles. The van der Waals surface area contributed by atoms with Crippen molar-refractivity contribution in [2.24, 2.45) is 0 Å². The number of nitrogens with zero attached hydrogens (tertiary/aromatic N) is 3. The van der Waals surface area contributed by atoms with Crippen molar-refractivity contribution in [2.75, 3.05) is 11.4 Å². The van der Waals surface area contributed by atoms with Gasteiger partial charge in [0.1, 0.15) is 12.6 Å². The molecule has 0 saturated carbocycles. The molecule has 0 aliphatic carbocycles. The summed E-state index contributed by atoms with van der Waals surface area (Å²) in [6.07, 6.45) is 3.32. The zero-order chi connectivity index (χ0) is 17.9. The number of hydrogen-bond donors (Lipinski definition) is 0. The Kier molecular flexibility index (Phi) is 4.50. The molecule has 2 aromatic heterocycles. The lowest BCUT2D eigenvalue weighted by atomic mass is 10.0. The number of thiophene rings is 1. The molecular weight excluding hydrogens is 346 g/mol. The average molecular weight is 363 g/mol. The van der Waals surface area contributed by atoms with E-state index in [0.717, 1.165) is 16.1 Å². The predicted molar refractivity (Wildman–Crippen MR) is 101 cm³/mol. The lowest BCUT2D eigenvalue weighted by Crippen LogP contribution is -2.55. The first-order chi connectivity index (χ1) is 12.7. The second kappa shape index (κ2) is 7.09. The number of para-hydroxylation sites is 1. The normalized spacial score (nSPS) is 17.6. The highest BCUT2D eigenvalue weighted by molar-refractivity contribution is 7.09. The fourth-order valence-corrected chi connectivity index (χ4v) is 3.87. The van der Waals surface area contributed by atoms with E-state index in [-0.39, 0.29) is 18.4 Å². The molecule has 4 rings (SSSR count). The first-order valence-electron chi connectivity index (χ1n) is 8.32. The van der Waals surface area contributed by atoms with Crippen molar-refractivity contribution in [1.29, 1.82) is 0 Å². The number of rotatable bonds is 4. The molecule has 130 valence electrons. The highest BCUT2D eigenvalue weighted by Gasteiger charge is 2.41. The Hall–Kier alpha value is -2.99. The minimum Gasteiger partial charge on any atom is -0.320 e. The summed E-state index contributed by atoms with van der Waals surface area (Å²) in [4.78, 5) is 34.7. The van der Waals surface area contributed by atoms with Gasteiger partial charge in [-0.25, -0.2) is 0 Å². The molecule has 1 aliphatic heterocycles. The number of carbonyl (C=O) groups is 2. The van der Waals surface area contributed by atoms with Crippen molar-refractivity contribution in [3.63, 3.8) is 0 Å². The number of amides is 2. The number of piperazine rings is 1. The van der Waals surface area contributed by atoms with Gasteiger partial charge in [0.15, 0.2) is 0 Å². The molecule has 0 radical (unpaired) electrons. The molecule has 0 bridgehead atoms. The molecule has 0 spiro atoms. The molecule has 0 unspecified atom stereocenters. The zero-order valence-corrected chi connectivity index (χ0v) is 14.8. The van der Waals surface area contributed by atoms with Crippen molar-refractivity contribution < 1.29 is 9.59 Å². The standard InChI is InChI=1S/C20H17N3O2S/c24-18-14-22(16-7-2-1-3-8-16)20(25)19(15-6-4-10-21-12-15)23(18)13-17-9-5-11-26-17/h1-12,19H,13-14H2/t19-/m0/s1. The SMILES string of the molecule is O=C1[C@H](c2cccnc2)N(Cc2cccs2)C(=O)CN1c1ccccc1. The van der Waals surface area contributed by atoms with Crippen LogP contribution in [0.3, 0.4) is 0 Å². The first kappa shape index (κ1) is 16.5. The molecule has 1 fully saturated rings. The summed E-state index contributed by atoms with van der Waals surface area (Å²) < 4.78 is 0. The molecule has 3 heterocycles. The Morgan fingerprint density at radius 1 is 1.04 bits per heavy atom. The zero-order valence-electron chi connectivity index (χ0n) is 14.0. The Morgan fingerprint density at radius 2 is 1.88 bits per heavy atom. The van der Waals surface area contributed by atoms with E-state index in [9.17, 15) is 9.59 Å². The number of carbonyl (C=O) groups excluding carboxylic acids is 2. The maximum absolute atomic E-state index is 13.3. The Labute approximate surface area is 155 Å². The summed E-state index contributed by atoms with van der Waals surface area (Å²) in [5.74, 6) is -0.184. The van der Waals surface area contributed by atoms with Crippen LogP contribution in [-0.2, 0) is 16.1 Å². The van der Waals surface area contributed by atoms with Crippen LogP contribution in [0.5, 0.6) is 0 Å². The van der Waals surface area contributed by atoms with E-state index in [1.165, 1.54) is 0 Å². The molecule has 0 N–H and O–H groups in total. The Balaban J connectivity index is 1.73. The maximum Gasteiger partial charge on any atom is 0.254 e. The smallest absolute Gasteiger partial charge is 0.254 e. The number of pyridine rings is 1. The number of aromatic nitrogens is 1. The van der Waals surface area contributed by atoms with Gasteiger partial charge in [-0.05, 0) is 29.6 Å². The van der Waals surface area contributed by atoms with E-state index in [1.54, 1.807) is 39.6 Å². The monoisotopic (exact) mass is 363 g/mol. The van der Waals surface area contributed by atoms with E-state index in [4.69, 9.17) is 0 Å². The summed E-state index contributed by atoms with van der Waals surface area (Å²) >= 11 is 1.58. The maximum atomic E-state index is 13.3. The Bertz CT molecular complexity index is 897. The minimum absolute atomic E-state index is 0.0466. The number of hydrogen-bond acceptors (Lipinski definition) is 4. The van der Waals surface area contributed by atoms with Crippen molar-refractivity contribution in [3.05, 3.63) is 82.8 Å². The van der Waals surface area contributed by atoms with E-state index < -0.39 is 6.04 Å². The van der Waals surface area contributed by atoms with Gasteiger partial charge >= 0.3 is 0 Å². The number of anilines is 1. The molecule has 3 aromatic rings. The third kappa shape index (κ3) is 3.11. The van der Waals surface area contributed by atoms with Crippen molar-refractivity contribution in [1.82, 2.24) is 9.88 Å². The van der Waals surface area contributed by atoms with Crippen molar-refractivity contribution >= 4 is 28.8 Å². The third-order valence-electron chi connectivity index (χ3n) is 4.40. The van der Waals surface area contributed by atoms with Crippen molar-refractivity contribution in [3.8, 4) is 0 Å². The summed E-state index contributed by atoms with van der Waals surface area (Å²) in [5.41, 5.74) is 1.46. The third-order valence-corrected chi connectivity index (χ3v) is 5.26. The van der Waals surface area contributed by atoms with Gasteiger partial charge < -0.3 is 9.80 Å². The summed E-state index contributed by atoms with van der Waals surface area (Å²) in [7, 11) is 0. The fourth-order valence-electron chi connectivity index (χ4n) is 3.17. The average Bonchev–Trinajstić information content (AvgIpc) is 3.19. The van der Waals surface area contributed by atoms with E-state index >= 15 is 0 Å². The second-order valence-electron chi connectivity index (χ2n) is 6.05. The number of benzene rings is 1. The van der Waals surface area contributed by atoms with Crippen LogP contribution in [0.2, 0.25) is 0 Å². The van der Waals surface area contributed by atoms with Gasteiger partial charge in [-0.2, -0.15) is 0 Å². The molecule has 6 heteroatoms. The predicted octanol–water partition coefficient (Wildman–Crippen LogP) is 3.26. The van der Waals surface area contributed by atoms with Gasteiger partial charge in [-0.3, -0.25) is 14.6 Å². The van der Waals surface area contributed by atoms with Gasteiger partial charge in [-0.1, -0.05) is 30.3 Å². The molecule has 2 amide bonds. The first-order valence-corrected chi connectivity index (χ1v) is 9.20. The van der Waals surface area contributed by atoms with Gasteiger partial charge in [0.05, 0.1) is 6.54 Å². The Morgan fingerprint density at radius 3 is 2.58 bits per heavy atom. The summed E-state index contributed by atoms with van der Waals surface area (Å²) in [6, 6.07) is 16.2.